The fraction of sp³-hybridized carbons (Fsp3) is 0.480. The summed E-state index contributed by atoms with van der Waals surface area (Å²) in [6.07, 6.45) is 7.42. The van der Waals surface area contributed by atoms with E-state index in [4.69, 9.17) is 4.43 Å². The highest BCUT2D eigenvalue weighted by Crippen LogP contribution is 2.37. The largest absolute Gasteiger partial charge is 0.398 e. The van der Waals surface area contributed by atoms with E-state index >= 15 is 0 Å². The smallest absolute Gasteiger partial charge is 0.262 e. The van der Waals surface area contributed by atoms with E-state index in [1.807, 2.05) is 12.1 Å². The molecule has 0 saturated heterocycles. The van der Waals surface area contributed by atoms with Crippen LogP contribution in [0.5, 0.6) is 0 Å². The molecule has 1 atom stereocenters. The topological polar surface area (TPSA) is 26.3 Å². The van der Waals surface area contributed by atoms with E-state index in [2.05, 4.69) is 76.2 Å². The molecule has 0 bridgehead atoms. The van der Waals surface area contributed by atoms with E-state index in [1.165, 1.54) is 36.1 Å². The van der Waals surface area contributed by atoms with Crippen LogP contribution in [-0.2, 0) is 9.22 Å². The zero-order valence-electron chi connectivity index (χ0n) is 18.0. The average Bonchev–Trinajstić information content (AvgIpc) is 2.70. The molecule has 0 amide bonds. The van der Waals surface area contributed by atoms with Gasteiger partial charge in [-0.15, -0.1) is 0 Å². The molecule has 0 aliphatic heterocycles. The predicted molar refractivity (Wildman–Crippen MR) is 122 cm³/mol. The van der Waals surface area contributed by atoms with Gasteiger partial charge in [-0.1, -0.05) is 120 Å². The number of unbranched alkanes of at least 4 members (excludes halogenated alkanes) is 4. The van der Waals surface area contributed by atoms with Gasteiger partial charge in [-0.2, -0.15) is 0 Å². The summed E-state index contributed by atoms with van der Waals surface area (Å²) in [6.45, 7) is 8.98. The zero-order chi connectivity index (χ0) is 20.5. The van der Waals surface area contributed by atoms with Crippen LogP contribution in [0.25, 0.3) is 0 Å². The van der Waals surface area contributed by atoms with Crippen molar-refractivity contribution in [1.29, 1.82) is 0 Å². The van der Waals surface area contributed by atoms with Gasteiger partial charge in [0.2, 0.25) is 0 Å². The molecule has 152 valence electrons. The van der Waals surface area contributed by atoms with E-state index in [1.54, 1.807) is 0 Å². The van der Waals surface area contributed by atoms with Crippen molar-refractivity contribution in [1.82, 2.24) is 0 Å². The number of aldehydes is 1. The van der Waals surface area contributed by atoms with Crippen molar-refractivity contribution < 1.29 is 9.22 Å². The van der Waals surface area contributed by atoms with Crippen LogP contribution in [0.1, 0.15) is 66.2 Å². The molecule has 0 radical (unpaired) electrons. The predicted octanol–water partition coefficient (Wildman–Crippen LogP) is 5.49. The molecule has 0 heterocycles. The van der Waals surface area contributed by atoms with Crippen molar-refractivity contribution in [3.63, 3.8) is 0 Å². The van der Waals surface area contributed by atoms with Crippen molar-refractivity contribution in [3.8, 4) is 0 Å². The maximum Gasteiger partial charge on any atom is 0.262 e. The van der Waals surface area contributed by atoms with Crippen LogP contribution in [-0.4, -0.2) is 20.7 Å². The van der Waals surface area contributed by atoms with Crippen LogP contribution in [0, 0.1) is 0 Å². The first-order chi connectivity index (χ1) is 13.5. The van der Waals surface area contributed by atoms with Gasteiger partial charge in [-0.25, -0.2) is 0 Å². The maximum atomic E-state index is 12.0. The molecule has 2 rings (SSSR count). The Bertz CT molecular complexity index is 652. The summed E-state index contributed by atoms with van der Waals surface area (Å²) in [7, 11) is -2.64. The van der Waals surface area contributed by atoms with Crippen LogP contribution in [0.2, 0.25) is 5.04 Å². The summed E-state index contributed by atoms with van der Waals surface area (Å²) in [5.74, 6) is 0. The zero-order valence-corrected chi connectivity index (χ0v) is 19.0. The average molecular weight is 397 g/mol. The van der Waals surface area contributed by atoms with E-state index in [9.17, 15) is 4.79 Å². The summed E-state index contributed by atoms with van der Waals surface area (Å²) in [6, 6.07) is 21.1. The molecule has 0 N–H and O–H groups in total. The quantitative estimate of drug-likeness (QED) is 0.285. The first-order valence-electron chi connectivity index (χ1n) is 10.7. The minimum absolute atomic E-state index is 0.0980. The fourth-order valence-corrected chi connectivity index (χ4v) is 8.66. The van der Waals surface area contributed by atoms with Gasteiger partial charge < -0.3 is 9.22 Å². The minimum atomic E-state index is -2.64. The highest BCUT2D eigenvalue weighted by Gasteiger charge is 2.51. The van der Waals surface area contributed by atoms with Gasteiger partial charge in [-0.05, 0) is 21.8 Å². The SMILES string of the molecule is CCCCCCCC(C=O)O[Si](c1ccccc1)(c1ccccc1)C(C)(C)C. The number of carbonyl (C=O) groups excluding carboxylic acids is 1. The molecular weight excluding hydrogens is 360 g/mol. The van der Waals surface area contributed by atoms with Crippen molar-refractivity contribution in [3.05, 3.63) is 60.7 Å². The molecule has 0 saturated carbocycles. The molecule has 2 nitrogen and oxygen atoms in total. The first-order valence-corrected chi connectivity index (χ1v) is 12.6. The third-order valence-electron chi connectivity index (χ3n) is 5.49. The lowest BCUT2D eigenvalue weighted by molar-refractivity contribution is -0.114. The van der Waals surface area contributed by atoms with Crippen LogP contribution < -0.4 is 10.4 Å². The van der Waals surface area contributed by atoms with E-state index in [-0.39, 0.29) is 11.1 Å². The minimum Gasteiger partial charge on any atom is -0.398 e. The number of rotatable bonds is 11. The molecule has 0 fully saturated rings. The van der Waals surface area contributed by atoms with E-state index in [0.717, 1.165) is 19.1 Å². The normalized spacial score (nSPS) is 13.3. The Morgan fingerprint density at radius 1 is 0.857 bits per heavy atom. The summed E-state index contributed by atoms with van der Waals surface area (Å²) >= 11 is 0. The second-order valence-electron chi connectivity index (χ2n) is 8.66. The summed E-state index contributed by atoms with van der Waals surface area (Å²) < 4.78 is 6.90. The molecule has 3 heteroatoms. The lowest BCUT2D eigenvalue weighted by Crippen LogP contribution is -2.67. The van der Waals surface area contributed by atoms with Crippen molar-refractivity contribution >= 4 is 25.0 Å². The van der Waals surface area contributed by atoms with Crippen LogP contribution in [0.15, 0.2) is 60.7 Å². The molecule has 0 spiro atoms. The second kappa shape index (κ2) is 10.7. The molecule has 2 aromatic rings. The van der Waals surface area contributed by atoms with E-state index in [0.29, 0.717) is 0 Å². The lowest BCUT2D eigenvalue weighted by Gasteiger charge is -2.44. The van der Waals surface area contributed by atoms with Crippen LogP contribution in [0.4, 0.5) is 0 Å². The molecule has 0 aliphatic rings. The van der Waals surface area contributed by atoms with Gasteiger partial charge >= 0.3 is 0 Å². The Balaban J connectivity index is 2.39. The Morgan fingerprint density at radius 3 is 1.79 bits per heavy atom. The molecule has 28 heavy (non-hydrogen) atoms. The highest BCUT2D eigenvalue weighted by atomic mass is 28.4. The highest BCUT2D eigenvalue weighted by molar-refractivity contribution is 6.99. The van der Waals surface area contributed by atoms with Crippen LogP contribution in [0.3, 0.4) is 0 Å². The number of hydrogen-bond acceptors (Lipinski definition) is 2. The van der Waals surface area contributed by atoms with Gasteiger partial charge in [0.25, 0.3) is 8.32 Å². The van der Waals surface area contributed by atoms with E-state index < -0.39 is 8.32 Å². The second-order valence-corrected chi connectivity index (χ2v) is 12.9. The molecular formula is C25H36O2Si. The van der Waals surface area contributed by atoms with Gasteiger partial charge in [0.05, 0.1) is 0 Å². The Kier molecular flexibility index (Phi) is 8.65. The summed E-state index contributed by atoms with van der Waals surface area (Å²) in [5, 5.41) is 2.36. The molecule has 1 unspecified atom stereocenters. The standard InChI is InChI=1S/C25H36O2Si/c1-5-6-7-8-11-16-22(21-26)27-28(25(2,3)4,23-17-12-9-13-18-23)24-19-14-10-15-20-24/h9-10,12-15,17-22H,5-8,11,16H2,1-4H3. The van der Waals surface area contributed by atoms with Crippen molar-refractivity contribution in [2.75, 3.05) is 0 Å². The number of hydrogen-bond donors (Lipinski definition) is 0. The Labute approximate surface area is 172 Å². The monoisotopic (exact) mass is 396 g/mol. The van der Waals surface area contributed by atoms with Gasteiger partial charge in [0.15, 0.2) is 0 Å². The summed E-state index contributed by atoms with van der Waals surface area (Å²) in [4.78, 5) is 12.0. The molecule has 2 aromatic carbocycles. The van der Waals surface area contributed by atoms with Crippen LogP contribution >= 0.6 is 0 Å². The summed E-state index contributed by atoms with van der Waals surface area (Å²) in [5.41, 5.74) is 0. The van der Waals surface area contributed by atoms with Gasteiger partial charge in [0, 0.05) is 0 Å². The maximum absolute atomic E-state index is 12.0. The molecule has 0 aromatic heterocycles. The van der Waals surface area contributed by atoms with Crippen molar-refractivity contribution in [2.45, 2.75) is 77.4 Å². The molecule has 0 aliphatic carbocycles. The van der Waals surface area contributed by atoms with Gasteiger partial charge in [0.1, 0.15) is 12.4 Å². The lowest BCUT2D eigenvalue weighted by atomic mass is 10.1. The Morgan fingerprint density at radius 2 is 1.36 bits per heavy atom. The Hall–Kier alpha value is -1.71. The first kappa shape index (κ1) is 22.6. The van der Waals surface area contributed by atoms with Crippen molar-refractivity contribution in [2.24, 2.45) is 0 Å². The third-order valence-corrected chi connectivity index (χ3v) is 10.6. The third kappa shape index (κ3) is 5.42. The van der Waals surface area contributed by atoms with Gasteiger partial charge in [-0.3, -0.25) is 0 Å². The fourth-order valence-electron chi connectivity index (χ4n) is 4.02. The number of carbonyl (C=O) groups is 1. The number of benzene rings is 2.